The predicted molar refractivity (Wildman–Crippen MR) is 127 cm³/mol. The van der Waals surface area contributed by atoms with E-state index in [0.717, 1.165) is 46.0 Å². The molecule has 1 aliphatic carbocycles. The Labute approximate surface area is 200 Å². The Bertz CT molecular complexity index is 1150. The van der Waals surface area contributed by atoms with Crippen LogP contribution in [0.2, 0.25) is 0 Å². The molecule has 180 valence electrons. The number of nitrogens with zero attached hydrogens (tertiary/aromatic N) is 4. The predicted octanol–water partition coefficient (Wildman–Crippen LogP) is 4.39. The average molecular weight is 488 g/mol. The molecule has 1 saturated heterocycles. The first-order chi connectivity index (χ1) is 16.4. The third-order valence-electron chi connectivity index (χ3n) is 6.25. The molecule has 5 rings (SSSR count). The Kier molecular flexibility index (Phi) is 6.46. The van der Waals surface area contributed by atoms with Crippen molar-refractivity contribution >= 4 is 23.0 Å². The average Bonchev–Trinajstić information content (AvgIpc) is 3.39. The van der Waals surface area contributed by atoms with Crippen molar-refractivity contribution in [3.05, 3.63) is 47.2 Å². The third kappa shape index (κ3) is 5.03. The normalized spacial score (nSPS) is 21.9. The Morgan fingerprint density at radius 2 is 2.00 bits per heavy atom. The maximum Gasteiger partial charge on any atom is 0.230 e. The van der Waals surface area contributed by atoms with Gasteiger partial charge in [0.25, 0.3) is 0 Å². The number of likely N-dealkylation sites (tertiary alicyclic amines) is 1. The first-order valence-corrected chi connectivity index (χ1v) is 12.2. The van der Waals surface area contributed by atoms with Crippen LogP contribution in [-0.4, -0.2) is 63.5 Å². The first-order valence-electron chi connectivity index (χ1n) is 11.4. The van der Waals surface area contributed by atoms with Gasteiger partial charge in [0.2, 0.25) is 11.8 Å². The quantitative estimate of drug-likeness (QED) is 0.487. The zero-order valence-corrected chi connectivity index (χ0v) is 19.7. The van der Waals surface area contributed by atoms with Crippen molar-refractivity contribution in [1.29, 1.82) is 0 Å². The summed E-state index contributed by atoms with van der Waals surface area (Å²) in [5.41, 5.74) is 2.12. The van der Waals surface area contributed by atoms with Gasteiger partial charge >= 0.3 is 0 Å². The number of hydrogen-bond acceptors (Lipinski definition) is 8. The van der Waals surface area contributed by atoms with Crippen LogP contribution in [0.1, 0.15) is 29.8 Å². The van der Waals surface area contributed by atoms with E-state index in [1.807, 2.05) is 25.3 Å². The van der Waals surface area contributed by atoms with Gasteiger partial charge in [-0.15, -0.1) is 11.3 Å². The lowest BCUT2D eigenvalue weighted by Crippen LogP contribution is -2.33. The molecule has 0 amide bonds. The van der Waals surface area contributed by atoms with E-state index in [1.165, 1.54) is 11.3 Å². The number of hydrogen-bond donors (Lipinski definition) is 2. The minimum Gasteiger partial charge on any atom is -0.476 e. The van der Waals surface area contributed by atoms with Gasteiger partial charge in [-0.25, -0.2) is 18.7 Å². The number of ether oxygens (including phenoxy) is 1. The number of anilines is 2. The highest BCUT2D eigenvalue weighted by molar-refractivity contribution is 7.15. The third-order valence-corrected chi connectivity index (χ3v) is 7.49. The van der Waals surface area contributed by atoms with Crippen molar-refractivity contribution in [3.8, 4) is 16.3 Å². The van der Waals surface area contributed by atoms with E-state index < -0.39 is 17.9 Å². The number of aliphatic hydroxyl groups is 1. The Hall–Kier alpha value is -2.69. The summed E-state index contributed by atoms with van der Waals surface area (Å²) in [6, 6.07) is 7.73. The standard InChI is InChI=1S/C24H27F2N5O2S/c1-15-9-16(20-12-28-22(34-20)24(32)4-2-5-24)11-17(10-15)29-23-27-6-3-21(30-23)33-8-7-31-13-18(25)19(26)14-31/h3,6,9-12,18-19,32H,2,4-5,7-8,13-14H2,1H3,(H,27,29,30)/t18-,19-/m0/s1. The molecule has 2 atom stereocenters. The van der Waals surface area contributed by atoms with Crippen LogP contribution in [0.5, 0.6) is 5.88 Å². The highest BCUT2D eigenvalue weighted by Gasteiger charge is 2.39. The Morgan fingerprint density at radius 3 is 2.74 bits per heavy atom. The summed E-state index contributed by atoms with van der Waals surface area (Å²) in [6.45, 7) is 2.92. The van der Waals surface area contributed by atoms with Gasteiger partial charge < -0.3 is 15.2 Å². The molecular formula is C24H27F2N5O2S. The number of halogens is 2. The van der Waals surface area contributed by atoms with Crippen molar-refractivity contribution in [3.63, 3.8) is 0 Å². The molecule has 7 nitrogen and oxygen atoms in total. The van der Waals surface area contributed by atoms with Crippen LogP contribution in [0, 0.1) is 6.92 Å². The van der Waals surface area contributed by atoms with E-state index in [0.29, 0.717) is 18.4 Å². The van der Waals surface area contributed by atoms with Gasteiger partial charge in [-0.1, -0.05) is 6.07 Å². The molecule has 0 bridgehead atoms. The molecule has 3 aromatic rings. The van der Waals surface area contributed by atoms with Gasteiger partial charge in [0, 0.05) is 43.8 Å². The fraction of sp³-hybridized carbons (Fsp3) is 0.458. The summed E-state index contributed by atoms with van der Waals surface area (Å²) < 4.78 is 32.3. The molecule has 10 heteroatoms. The second kappa shape index (κ2) is 9.52. The van der Waals surface area contributed by atoms with Gasteiger partial charge in [-0.05, 0) is 49.4 Å². The van der Waals surface area contributed by atoms with Crippen LogP contribution in [0.15, 0.2) is 36.7 Å². The molecule has 0 radical (unpaired) electrons. The molecule has 2 N–H and O–H groups in total. The van der Waals surface area contributed by atoms with Crippen LogP contribution in [0.25, 0.3) is 10.4 Å². The Balaban J connectivity index is 1.23. The topological polar surface area (TPSA) is 83.4 Å². The summed E-state index contributed by atoms with van der Waals surface area (Å²) >= 11 is 1.52. The lowest BCUT2D eigenvalue weighted by molar-refractivity contribution is -0.0389. The highest BCUT2D eigenvalue weighted by atomic mass is 32.1. The minimum atomic E-state index is -1.42. The van der Waals surface area contributed by atoms with Crippen molar-refractivity contribution in [1.82, 2.24) is 19.9 Å². The summed E-state index contributed by atoms with van der Waals surface area (Å²) in [5, 5.41) is 14.6. The molecular weight excluding hydrogens is 460 g/mol. The molecule has 2 aliphatic rings. The fourth-order valence-electron chi connectivity index (χ4n) is 4.22. The molecule has 1 aromatic carbocycles. The summed E-state index contributed by atoms with van der Waals surface area (Å²) in [7, 11) is 0. The number of nitrogens with one attached hydrogen (secondary N) is 1. The SMILES string of the molecule is Cc1cc(Nc2nccc(OCCN3C[C@H](F)[C@@H](F)C3)n2)cc(-c2cnc(C3(O)CCC3)s2)c1. The van der Waals surface area contributed by atoms with Crippen molar-refractivity contribution in [2.24, 2.45) is 0 Å². The van der Waals surface area contributed by atoms with E-state index in [1.54, 1.807) is 17.2 Å². The van der Waals surface area contributed by atoms with Gasteiger partial charge in [0.05, 0.1) is 4.88 Å². The van der Waals surface area contributed by atoms with Crippen molar-refractivity contribution < 1.29 is 18.6 Å². The largest absolute Gasteiger partial charge is 0.476 e. The van der Waals surface area contributed by atoms with E-state index in [-0.39, 0.29) is 19.7 Å². The summed E-state index contributed by atoms with van der Waals surface area (Å²) in [4.78, 5) is 15.8. The molecule has 34 heavy (non-hydrogen) atoms. The molecule has 1 saturated carbocycles. The number of thiazole rings is 1. The molecule has 2 fully saturated rings. The van der Waals surface area contributed by atoms with Gasteiger partial charge in [0.15, 0.2) is 0 Å². The maximum atomic E-state index is 13.3. The van der Waals surface area contributed by atoms with Crippen molar-refractivity contribution in [2.45, 2.75) is 44.1 Å². The zero-order valence-electron chi connectivity index (χ0n) is 18.9. The monoisotopic (exact) mass is 487 g/mol. The van der Waals surface area contributed by atoms with Crippen LogP contribution < -0.4 is 10.1 Å². The summed E-state index contributed by atoms with van der Waals surface area (Å²) in [5.74, 6) is 0.774. The van der Waals surface area contributed by atoms with E-state index in [9.17, 15) is 13.9 Å². The molecule has 3 heterocycles. The molecule has 0 unspecified atom stereocenters. The minimum absolute atomic E-state index is 0.0946. The number of aryl methyl sites for hydroxylation is 1. The number of rotatable bonds is 8. The van der Waals surface area contributed by atoms with Crippen LogP contribution in [-0.2, 0) is 5.60 Å². The van der Waals surface area contributed by atoms with E-state index in [4.69, 9.17) is 4.74 Å². The zero-order chi connectivity index (χ0) is 23.7. The van der Waals surface area contributed by atoms with Crippen molar-refractivity contribution in [2.75, 3.05) is 31.6 Å². The van der Waals surface area contributed by atoms with E-state index >= 15 is 0 Å². The number of benzene rings is 1. The smallest absolute Gasteiger partial charge is 0.230 e. The second-order valence-corrected chi connectivity index (χ2v) is 10.0. The van der Waals surface area contributed by atoms with Gasteiger partial charge in [0.1, 0.15) is 29.6 Å². The van der Waals surface area contributed by atoms with Crippen LogP contribution in [0.4, 0.5) is 20.4 Å². The number of alkyl halides is 2. The molecule has 0 spiro atoms. The van der Waals surface area contributed by atoms with Gasteiger partial charge in [-0.3, -0.25) is 4.90 Å². The Morgan fingerprint density at radius 1 is 1.21 bits per heavy atom. The molecule has 1 aliphatic heterocycles. The molecule has 2 aromatic heterocycles. The lowest BCUT2D eigenvalue weighted by Gasteiger charge is -2.34. The highest BCUT2D eigenvalue weighted by Crippen LogP contribution is 2.44. The summed E-state index contributed by atoms with van der Waals surface area (Å²) in [6.07, 6.45) is 3.13. The second-order valence-electron chi connectivity index (χ2n) is 8.99. The van der Waals surface area contributed by atoms with Crippen LogP contribution in [0.3, 0.4) is 0 Å². The first kappa shape index (κ1) is 23.1. The van der Waals surface area contributed by atoms with E-state index in [2.05, 4.69) is 26.3 Å². The lowest BCUT2D eigenvalue weighted by atomic mass is 9.81. The maximum absolute atomic E-state index is 13.3. The van der Waals surface area contributed by atoms with Gasteiger partial charge in [-0.2, -0.15) is 4.98 Å². The fourth-order valence-corrected chi connectivity index (χ4v) is 5.27. The number of aromatic nitrogens is 3. The van der Waals surface area contributed by atoms with Crippen LogP contribution >= 0.6 is 11.3 Å².